The third kappa shape index (κ3) is 2.36. The Labute approximate surface area is 142 Å². The summed E-state index contributed by atoms with van der Waals surface area (Å²) in [6, 6.07) is 11.8. The number of aliphatic imine (C=N–C) groups is 1. The summed E-state index contributed by atoms with van der Waals surface area (Å²) in [7, 11) is 0. The maximum Gasteiger partial charge on any atom is 0.229 e. The fourth-order valence-corrected chi connectivity index (χ4v) is 2.99. The van der Waals surface area contributed by atoms with E-state index in [1.165, 1.54) is 11.1 Å². The molecule has 24 heavy (non-hydrogen) atoms. The van der Waals surface area contributed by atoms with Gasteiger partial charge in [0.1, 0.15) is 5.82 Å². The van der Waals surface area contributed by atoms with Crippen LogP contribution in [-0.2, 0) is 4.79 Å². The van der Waals surface area contributed by atoms with Crippen molar-refractivity contribution in [1.82, 2.24) is 10.5 Å². The Kier molecular flexibility index (Phi) is 3.55. The minimum Gasteiger partial charge on any atom is -0.277 e. The van der Waals surface area contributed by atoms with Gasteiger partial charge < -0.3 is 0 Å². The number of carbonyl (C=O) groups excluding carboxylic acids is 1. The lowest BCUT2D eigenvalue weighted by molar-refractivity contribution is -0.117. The summed E-state index contributed by atoms with van der Waals surface area (Å²) in [5, 5.41) is 3.58. The smallest absolute Gasteiger partial charge is 0.229 e. The van der Waals surface area contributed by atoms with E-state index in [2.05, 4.69) is 10.5 Å². The normalized spacial score (nSPS) is 16.1. The monoisotopic (exact) mass is 342 g/mol. The topological polar surface area (TPSA) is 47.9 Å². The highest BCUT2D eigenvalue weighted by molar-refractivity contribution is 6.31. The van der Waals surface area contributed by atoms with E-state index in [9.17, 15) is 9.18 Å². The van der Waals surface area contributed by atoms with Gasteiger partial charge in [-0.15, -0.1) is 5.53 Å². The molecule has 0 spiro atoms. The van der Waals surface area contributed by atoms with Crippen molar-refractivity contribution in [2.75, 3.05) is 11.6 Å². The van der Waals surface area contributed by atoms with Gasteiger partial charge in [-0.25, -0.2) is 9.40 Å². The van der Waals surface area contributed by atoms with Crippen LogP contribution in [0.15, 0.2) is 59.4 Å². The number of hydrazine groups is 2. The minimum absolute atomic E-state index is 0.299. The molecular formula is C17H12ClFN4O. The number of benzene rings is 2. The quantitative estimate of drug-likeness (QED) is 0.854. The maximum atomic E-state index is 14.3. The lowest BCUT2D eigenvalue weighted by Gasteiger charge is -2.23. The van der Waals surface area contributed by atoms with Gasteiger partial charge in [-0.1, -0.05) is 23.7 Å². The predicted octanol–water partition coefficient (Wildman–Crippen LogP) is 2.87. The van der Waals surface area contributed by atoms with Crippen molar-refractivity contribution in [2.24, 2.45) is 4.99 Å². The number of halogens is 2. The van der Waals surface area contributed by atoms with Crippen LogP contribution in [0.1, 0.15) is 11.1 Å². The van der Waals surface area contributed by atoms with Gasteiger partial charge in [0, 0.05) is 22.3 Å². The van der Waals surface area contributed by atoms with Gasteiger partial charge in [0.25, 0.3) is 0 Å². The molecule has 0 aromatic heterocycles. The van der Waals surface area contributed by atoms with Crippen molar-refractivity contribution in [3.8, 4) is 0 Å². The Bertz CT molecular complexity index is 896. The average Bonchev–Trinajstić information content (AvgIpc) is 2.94. The third-order valence-electron chi connectivity index (χ3n) is 3.89. The number of anilines is 1. The molecule has 7 heteroatoms. The maximum absolute atomic E-state index is 14.3. The van der Waals surface area contributed by atoms with Gasteiger partial charge in [0.15, 0.2) is 0 Å². The summed E-state index contributed by atoms with van der Waals surface area (Å²) in [4.78, 5) is 15.6. The van der Waals surface area contributed by atoms with Crippen molar-refractivity contribution in [3.05, 3.63) is 76.3 Å². The summed E-state index contributed by atoms with van der Waals surface area (Å²) in [6.45, 7) is 0.299. The van der Waals surface area contributed by atoms with Gasteiger partial charge in [-0.2, -0.15) is 0 Å². The highest BCUT2D eigenvalue weighted by atomic mass is 35.5. The van der Waals surface area contributed by atoms with E-state index >= 15 is 0 Å². The second-order valence-corrected chi connectivity index (χ2v) is 5.81. The number of amides is 1. The molecule has 1 N–H and O–H groups in total. The van der Waals surface area contributed by atoms with Gasteiger partial charge in [0.2, 0.25) is 6.41 Å². The van der Waals surface area contributed by atoms with Gasteiger partial charge >= 0.3 is 0 Å². The summed E-state index contributed by atoms with van der Waals surface area (Å²) in [6.07, 6.45) is 2.32. The molecular weight excluding hydrogens is 331 g/mol. The second-order valence-electron chi connectivity index (χ2n) is 5.37. The van der Waals surface area contributed by atoms with E-state index in [4.69, 9.17) is 11.6 Å². The van der Waals surface area contributed by atoms with Gasteiger partial charge in [-0.3, -0.25) is 14.8 Å². The Morgan fingerprint density at radius 2 is 2.04 bits per heavy atom. The highest BCUT2D eigenvalue weighted by Crippen LogP contribution is 2.33. The molecule has 0 aliphatic carbocycles. The first kappa shape index (κ1) is 14.9. The number of carbonyl (C=O) groups is 1. The molecule has 0 saturated heterocycles. The van der Waals surface area contributed by atoms with Crippen molar-refractivity contribution in [3.63, 3.8) is 0 Å². The fourth-order valence-electron chi connectivity index (χ4n) is 2.82. The molecule has 0 fully saturated rings. The van der Waals surface area contributed by atoms with E-state index in [0.717, 1.165) is 11.4 Å². The van der Waals surface area contributed by atoms with Crippen LogP contribution in [0.5, 0.6) is 0 Å². The number of hydrogen-bond donors (Lipinski definition) is 1. The third-order valence-corrected chi connectivity index (χ3v) is 4.12. The molecule has 2 aliphatic rings. The van der Waals surface area contributed by atoms with E-state index in [-0.39, 0.29) is 5.82 Å². The van der Waals surface area contributed by atoms with Crippen LogP contribution in [-0.4, -0.2) is 23.7 Å². The zero-order valence-electron chi connectivity index (χ0n) is 12.4. The number of nitrogens with one attached hydrogen (secondary N) is 1. The van der Waals surface area contributed by atoms with Gasteiger partial charge in [0.05, 0.1) is 23.6 Å². The molecule has 0 atom stereocenters. The summed E-state index contributed by atoms with van der Waals surface area (Å²) < 4.78 is 14.3. The van der Waals surface area contributed by atoms with Crippen LogP contribution in [0.25, 0.3) is 0 Å². The molecule has 1 amide bonds. The molecule has 2 aliphatic heterocycles. The largest absolute Gasteiger partial charge is 0.277 e. The van der Waals surface area contributed by atoms with Gasteiger partial charge in [-0.05, 0) is 30.3 Å². The van der Waals surface area contributed by atoms with Crippen LogP contribution in [0.3, 0.4) is 0 Å². The molecule has 5 nitrogen and oxygen atoms in total. The molecule has 0 radical (unpaired) electrons. The number of fused-ring (bicyclic) bond motifs is 3. The van der Waals surface area contributed by atoms with Crippen LogP contribution in [0.2, 0.25) is 5.02 Å². The standard InChI is InChI=1S/C17H12ClFN4O/c18-11-5-6-16-14(7-11)17(13-3-1-2-4-15(13)19)20-8-12-9-22(10-24)21-23(12)16/h1-7,9-10,21H,8H2. The lowest BCUT2D eigenvalue weighted by Crippen LogP contribution is -2.40. The Morgan fingerprint density at radius 1 is 1.21 bits per heavy atom. The molecule has 0 unspecified atom stereocenters. The van der Waals surface area contributed by atoms with E-state index in [1.807, 2.05) is 6.07 Å². The van der Waals surface area contributed by atoms with E-state index in [0.29, 0.717) is 34.8 Å². The SMILES string of the molecule is O=CN1C=C2CN=C(c3ccccc3F)c3cc(Cl)ccc3N2N1. The van der Waals surface area contributed by atoms with E-state index in [1.54, 1.807) is 41.5 Å². The lowest BCUT2D eigenvalue weighted by atomic mass is 10.00. The minimum atomic E-state index is -0.347. The number of hydrogen-bond acceptors (Lipinski definition) is 4. The molecule has 2 heterocycles. The molecule has 0 bridgehead atoms. The Morgan fingerprint density at radius 3 is 2.83 bits per heavy atom. The van der Waals surface area contributed by atoms with Crippen molar-refractivity contribution >= 4 is 29.4 Å². The molecule has 0 saturated carbocycles. The second kappa shape index (κ2) is 5.74. The van der Waals surface area contributed by atoms with Crippen molar-refractivity contribution in [1.29, 1.82) is 0 Å². The molecule has 4 rings (SSSR count). The Hall–Kier alpha value is -2.70. The summed E-state index contributed by atoms with van der Waals surface area (Å²) in [5.41, 5.74) is 6.09. The first-order valence-electron chi connectivity index (χ1n) is 7.27. The molecule has 120 valence electrons. The van der Waals surface area contributed by atoms with Crippen molar-refractivity contribution in [2.45, 2.75) is 0 Å². The summed E-state index contributed by atoms with van der Waals surface area (Å²) in [5.74, 6) is -0.347. The number of nitrogens with zero attached hydrogens (tertiary/aromatic N) is 3. The van der Waals surface area contributed by atoms with Crippen LogP contribution >= 0.6 is 11.6 Å². The zero-order valence-corrected chi connectivity index (χ0v) is 13.2. The predicted molar refractivity (Wildman–Crippen MR) is 90.0 cm³/mol. The number of rotatable bonds is 2. The van der Waals surface area contributed by atoms with Crippen LogP contribution in [0, 0.1) is 5.82 Å². The zero-order chi connectivity index (χ0) is 16.7. The van der Waals surface area contributed by atoms with Crippen LogP contribution in [0.4, 0.5) is 10.1 Å². The average molecular weight is 343 g/mol. The molecule has 2 aromatic carbocycles. The van der Waals surface area contributed by atoms with Crippen LogP contribution < -0.4 is 10.5 Å². The molecule has 2 aromatic rings. The highest BCUT2D eigenvalue weighted by Gasteiger charge is 2.29. The fraction of sp³-hybridized carbons (Fsp3) is 0.0588. The first-order chi connectivity index (χ1) is 11.7. The first-order valence-corrected chi connectivity index (χ1v) is 7.65. The van der Waals surface area contributed by atoms with E-state index < -0.39 is 0 Å². The summed E-state index contributed by atoms with van der Waals surface area (Å²) >= 11 is 6.15. The Balaban J connectivity index is 1.92. The van der Waals surface area contributed by atoms with Crippen molar-refractivity contribution < 1.29 is 9.18 Å².